The van der Waals surface area contributed by atoms with Crippen molar-refractivity contribution < 1.29 is 24.5 Å². The van der Waals surface area contributed by atoms with Crippen molar-refractivity contribution in [2.45, 2.75) is 13.8 Å². The Kier molecular flexibility index (Phi) is 4.52. The third kappa shape index (κ3) is 3.48. The zero-order chi connectivity index (χ0) is 14.6. The maximum atomic E-state index is 11.5. The summed E-state index contributed by atoms with van der Waals surface area (Å²) < 4.78 is 4.68. The number of aromatic hydroxyl groups is 1. The maximum absolute atomic E-state index is 11.5. The van der Waals surface area contributed by atoms with Crippen LogP contribution < -0.4 is 0 Å². The summed E-state index contributed by atoms with van der Waals surface area (Å²) in [5.74, 6) is -1.10. The van der Waals surface area contributed by atoms with E-state index in [2.05, 4.69) is 9.72 Å². The number of esters is 1. The van der Waals surface area contributed by atoms with E-state index < -0.39 is 11.9 Å². The fraction of sp³-hybridized carbons (Fsp3) is 0.231. The molecule has 0 saturated heterocycles. The molecule has 3 N–H and O–H groups in total. The second-order valence-corrected chi connectivity index (χ2v) is 3.87. The lowest BCUT2D eigenvalue weighted by Crippen LogP contribution is -2.01. The molecule has 0 bridgehead atoms. The summed E-state index contributed by atoms with van der Waals surface area (Å²) >= 11 is 0. The van der Waals surface area contributed by atoms with E-state index in [0.29, 0.717) is 10.9 Å². The molecule has 0 saturated carbocycles. The molecule has 0 radical (unpaired) electrons. The first-order chi connectivity index (χ1) is 8.86. The molecule has 0 atom stereocenters. The monoisotopic (exact) mass is 265 g/mol. The summed E-state index contributed by atoms with van der Waals surface area (Å²) in [4.78, 5) is 23.6. The first kappa shape index (κ1) is 14.6. The van der Waals surface area contributed by atoms with Crippen molar-refractivity contribution in [2.24, 2.45) is 0 Å². The summed E-state index contributed by atoms with van der Waals surface area (Å²) in [5, 5.41) is 17.4. The number of aromatic amines is 1. The summed E-state index contributed by atoms with van der Waals surface area (Å²) in [6.07, 6.45) is 0. The minimum atomic E-state index is -0.833. The molecule has 1 aromatic carbocycles. The number of carboxylic acid groups (broad SMARTS) is 1. The van der Waals surface area contributed by atoms with Gasteiger partial charge in [0, 0.05) is 23.5 Å². The van der Waals surface area contributed by atoms with Crippen molar-refractivity contribution in [3.05, 3.63) is 29.5 Å². The highest BCUT2D eigenvalue weighted by Gasteiger charge is 2.16. The van der Waals surface area contributed by atoms with Crippen LogP contribution in [0.3, 0.4) is 0 Å². The van der Waals surface area contributed by atoms with Gasteiger partial charge in [-0.3, -0.25) is 4.79 Å². The van der Waals surface area contributed by atoms with Crippen LogP contribution in [0.25, 0.3) is 10.9 Å². The van der Waals surface area contributed by atoms with Gasteiger partial charge in [0.05, 0.1) is 12.7 Å². The summed E-state index contributed by atoms with van der Waals surface area (Å²) in [6, 6.07) is 4.84. The number of nitrogens with one attached hydrogen (secondary N) is 1. The third-order valence-electron chi connectivity index (χ3n) is 2.36. The molecule has 0 amide bonds. The van der Waals surface area contributed by atoms with E-state index in [4.69, 9.17) is 9.90 Å². The van der Waals surface area contributed by atoms with Crippen molar-refractivity contribution in [1.29, 1.82) is 0 Å². The molecule has 0 fully saturated rings. The lowest BCUT2D eigenvalue weighted by atomic mass is 10.1. The number of phenolic OH excluding ortho intramolecular Hbond substituents is 1. The van der Waals surface area contributed by atoms with Crippen molar-refractivity contribution in [3.63, 3.8) is 0 Å². The van der Waals surface area contributed by atoms with E-state index >= 15 is 0 Å². The molecule has 2 rings (SSSR count). The largest absolute Gasteiger partial charge is 0.508 e. The highest BCUT2D eigenvalue weighted by Crippen LogP contribution is 2.26. The van der Waals surface area contributed by atoms with Gasteiger partial charge in [0.2, 0.25) is 0 Å². The predicted octanol–water partition coefficient (Wildman–Crippen LogP) is 2.06. The summed E-state index contributed by atoms with van der Waals surface area (Å²) in [7, 11) is 1.34. The van der Waals surface area contributed by atoms with Gasteiger partial charge in [-0.2, -0.15) is 0 Å². The number of rotatable bonds is 1. The zero-order valence-corrected chi connectivity index (χ0v) is 10.9. The van der Waals surface area contributed by atoms with Crippen LogP contribution in [0, 0.1) is 6.92 Å². The van der Waals surface area contributed by atoms with Gasteiger partial charge in [0.25, 0.3) is 5.97 Å². The number of aromatic nitrogens is 1. The number of methoxy groups -OCH3 is 1. The first-order valence-corrected chi connectivity index (χ1v) is 5.46. The van der Waals surface area contributed by atoms with E-state index in [0.717, 1.165) is 18.1 Å². The molecule has 102 valence electrons. The van der Waals surface area contributed by atoms with Crippen molar-refractivity contribution >= 4 is 22.8 Å². The van der Waals surface area contributed by atoms with Crippen LogP contribution in [0.2, 0.25) is 0 Å². The Morgan fingerprint density at radius 3 is 2.42 bits per heavy atom. The molecule has 2 aromatic rings. The van der Waals surface area contributed by atoms with E-state index in [9.17, 15) is 9.90 Å². The van der Waals surface area contributed by atoms with Crippen LogP contribution in [0.1, 0.15) is 23.0 Å². The molecule has 0 unspecified atom stereocenters. The molecule has 0 aliphatic rings. The average molecular weight is 265 g/mol. The number of aliphatic carboxylic acids is 1. The number of carbonyl (C=O) groups excluding carboxylic acids is 1. The number of ether oxygens (including phenoxy) is 1. The van der Waals surface area contributed by atoms with Crippen LogP contribution in [0.15, 0.2) is 18.2 Å². The topological polar surface area (TPSA) is 99.6 Å². The number of carbonyl (C=O) groups is 2. The second-order valence-electron chi connectivity index (χ2n) is 3.87. The fourth-order valence-corrected chi connectivity index (χ4v) is 1.68. The smallest absolute Gasteiger partial charge is 0.340 e. The van der Waals surface area contributed by atoms with Crippen molar-refractivity contribution in [1.82, 2.24) is 4.98 Å². The molecule has 6 heteroatoms. The number of phenols is 1. The van der Waals surface area contributed by atoms with Gasteiger partial charge < -0.3 is 19.9 Å². The second kappa shape index (κ2) is 5.90. The van der Waals surface area contributed by atoms with Gasteiger partial charge in [0.1, 0.15) is 5.75 Å². The van der Waals surface area contributed by atoms with Crippen LogP contribution in [0.5, 0.6) is 5.75 Å². The average Bonchev–Trinajstić information content (AvgIpc) is 2.63. The highest BCUT2D eigenvalue weighted by molar-refractivity contribution is 6.05. The van der Waals surface area contributed by atoms with E-state index in [-0.39, 0.29) is 5.75 Å². The number of fused-ring (bicyclic) bond motifs is 1. The molecule has 1 heterocycles. The normalized spacial score (nSPS) is 9.63. The quantitative estimate of drug-likeness (QED) is 0.685. The van der Waals surface area contributed by atoms with Gasteiger partial charge in [-0.1, -0.05) is 0 Å². The first-order valence-electron chi connectivity index (χ1n) is 5.46. The molecule has 0 aliphatic carbocycles. The standard InChI is InChI=1S/C11H11NO3.C2H4O2/c1-6-10(11(14)15-2)8-5-7(13)3-4-9(8)12-6;1-2(3)4/h3-5,12-13H,1-2H3;1H3,(H,3,4). The highest BCUT2D eigenvalue weighted by atomic mass is 16.5. The van der Waals surface area contributed by atoms with Crippen LogP contribution in [-0.2, 0) is 9.53 Å². The number of H-pyrrole nitrogens is 1. The van der Waals surface area contributed by atoms with E-state index in [1.54, 1.807) is 25.1 Å². The molecule has 6 nitrogen and oxygen atoms in total. The molecule has 0 spiro atoms. The van der Waals surface area contributed by atoms with Gasteiger partial charge in [-0.05, 0) is 25.1 Å². The predicted molar refractivity (Wildman–Crippen MR) is 69.3 cm³/mol. The number of carboxylic acids is 1. The van der Waals surface area contributed by atoms with Crippen LogP contribution in [0.4, 0.5) is 0 Å². The Morgan fingerprint density at radius 2 is 1.89 bits per heavy atom. The Labute approximate surface area is 109 Å². The van der Waals surface area contributed by atoms with Gasteiger partial charge in [0.15, 0.2) is 0 Å². The van der Waals surface area contributed by atoms with Gasteiger partial charge in [-0.25, -0.2) is 4.79 Å². The Bertz CT molecular complexity index is 611. The SMILES string of the molecule is CC(=O)O.COC(=O)c1c(C)[nH]c2ccc(O)cc12. The molecule has 0 aliphatic heterocycles. The van der Waals surface area contributed by atoms with E-state index in [1.165, 1.54) is 7.11 Å². The third-order valence-corrected chi connectivity index (χ3v) is 2.36. The van der Waals surface area contributed by atoms with Crippen LogP contribution >= 0.6 is 0 Å². The number of hydrogen-bond donors (Lipinski definition) is 3. The van der Waals surface area contributed by atoms with Crippen molar-refractivity contribution in [3.8, 4) is 5.75 Å². The Morgan fingerprint density at radius 1 is 1.32 bits per heavy atom. The lowest BCUT2D eigenvalue weighted by molar-refractivity contribution is -0.134. The number of hydrogen-bond acceptors (Lipinski definition) is 4. The maximum Gasteiger partial charge on any atom is 0.340 e. The lowest BCUT2D eigenvalue weighted by Gasteiger charge is -1.98. The van der Waals surface area contributed by atoms with Gasteiger partial charge >= 0.3 is 5.97 Å². The van der Waals surface area contributed by atoms with Crippen LogP contribution in [-0.4, -0.2) is 34.2 Å². The Balaban J connectivity index is 0.000000399. The van der Waals surface area contributed by atoms with Crippen molar-refractivity contribution in [2.75, 3.05) is 7.11 Å². The minimum absolute atomic E-state index is 0.131. The molecular formula is C13H15NO5. The molecule has 1 aromatic heterocycles. The Hall–Kier alpha value is -2.50. The fourth-order valence-electron chi connectivity index (χ4n) is 1.68. The number of aryl methyl sites for hydroxylation is 1. The summed E-state index contributed by atoms with van der Waals surface area (Å²) in [6.45, 7) is 2.88. The summed E-state index contributed by atoms with van der Waals surface area (Å²) in [5.41, 5.74) is 2.02. The molecule has 19 heavy (non-hydrogen) atoms. The number of benzene rings is 1. The minimum Gasteiger partial charge on any atom is -0.508 e. The zero-order valence-electron chi connectivity index (χ0n) is 10.9. The van der Waals surface area contributed by atoms with E-state index in [1.807, 2.05) is 0 Å². The molecular weight excluding hydrogens is 250 g/mol. The van der Waals surface area contributed by atoms with Gasteiger partial charge in [-0.15, -0.1) is 0 Å².